The Balaban J connectivity index is 1.64. The lowest BCUT2D eigenvalue weighted by Crippen LogP contribution is -1.93. The number of rotatable bonds is 3. The van der Waals surface area contributed by atoms with Crippen molar-refractivity contribution in [2.75, 3.05) is 0 Å². The van der Waals surface area contributed by atoms with E-state index in [0.29, 0.717) is 49.4 Å². The number of furan rings is 1. The molecule has 0 atom stereocenters. The van der Waals surface area contributed by atoms with Gasteiger partial charge in [0.15, 0.2) is 0 Å². The van der Waals surface area contributed by atoms with E-state index in [1.54, 1.807) is 24.3 Å². The first-order chi connectivity index (χ1) is 24.0. The van der Waals surface area contributed by atoms with Crippen LogP contribution in [0.2, 0.25) is 0 Å². The Morgan fingerprint density at radius 3 is 1.69 bits per heavy atom. The van der Waals surface area contributed by atoms with Crippen LogP contribution in [0.4, 0.5) is 0 Å². The van der Waals surface area contributed by atoms with Crippen LogP contribution in [-0.4, -0.2) is 0 Å². The fraction of sp³-hybridized carbons (Fsp3) is 0. The molecule has 0 fully saturated rings. The van der Waals surface area contributed by atoms with E-state index in [2.05, 4.69) is 0 Å². The number of para-hydroxylation sites is 1. The van der Waals surface area contributed by atoms with Gasteiger partial charge in [-0.15, -0.1) is 0 Å². The van der Waals surface area contributed by atoms with E-state index in [9.17, 15) is 2.74 Å². The molecule has 1 aromatic heterocycles. The third-order valence-electron chi connectivity index (χ3n) is 7.12. The third kappa shape index (κ3) is 3.34. The van der Waals surface area contributed by atoms with Gasteiger partial charge in [-0.3, -0.25) is 0 Å². The van der Waals surface area contributed by atoms with Crippen molar-refractivity contribution in [3.8, 4) is 33.4 Å². The van der Waals surface area contributed by atoms with Crippen LogP contribution < -0.4 is 0 Å². The Kier molecular flexibility index (Phi) is 3.04. The molecule has 1 nitrogen and oxygen atoms in total. The summed E-state index contributed by atoms with van der Waals surface area (Å²) in [6, 6.07) is 19.3. The topological polar surface area (TPSA) is 13.1 Å². The number of fused-ring (bicyclic) bond motifs is 5. The lowest BCUT2D eigenvalue weighted by molar-refractivity contribution is 0.670. The van der Waals surface area contributed by atoms with E-state index in [1.807, 2.05) is 54.6 Å². The van der Waals surface area contributed by atoms with Gasteiger partial charge in [-0.05, 0) is 61.4 Å². The van der Waals surface area contributed by atoms with Gasteiger partial charge in [0.25, 0.3) is 0 Å². The van der Waals surface area contributed by atoms with Crippen LogP contribution in [0.5, 0.6) is 0 Å². The summed E-state index contributed by atoms with van der Waals surface area (Å²) in [4.78, 5) is 0. The molecule has 0 aliphatic carbocycles. The van der Waals surface area contributed by atoms with Gasteiger partial charge < -0.3 is 4.42 Å². The molecule has 0 unspecified atom stereocenters. The summed E-state index contributed by atoms with van der Waals surface area (Å²) < 4.78 is 102. The maximum atomic E-state index is 9.60. The van der Waals surface area contributed by atoms with Crippen LogP contribution in [0.25, 0.3) is 76.9 Å². The van der Waals surface area contributed by atoms with Gasteiger partial charge in [0.1, 0.15) is 11.2 Å². The molecule has 1 heteroatoms. The van der Waals surface area contributed by atoms with E-state index in [-0.39, 0.29) is 63.8 Å². The molecule has 8 aromatic rings. The summed E-state index contributed by atoms with van der Waals surface area (Å²) >= 11 is 0. The highest BCUT2D eigenvalue weighted by Gasteiger charge is 2.22. The van der Waals surface area contributed by atoms with Crippen LogP contribution in [-0.2, 0) is 0 Å². The fourth-order valence-electron chi connectivity index (χ4n) is 5.53. The minimum atomic E-state index is -0.496. The zero-order valence-electron chi connectivity index (χ0n) is 31.4. The first-order valence-corrected chi connectivity index (χ1v) is 12.5. The van der Waals surface area contributed by atoms with Crippen molar-refractivity contribution < 1.29 is 19.5 Å². The van der Waals surface area contributed by atoms with Gasteiger partial charge in [-0.25, -0.2) is 0 Å². The van der Waals surface area contributed by atoms with Crippen LogP contribution in [0, 0.1) is 0 Å². The molecule has 182 valence electrons. The Hall–Kier alpha value is -5.14. The number of hydrogen-bond acceptors (Lipinski definition) is 1. The van der Waals surface area contributed by atoms with Gasteiger partial charge >= 0.3 is 0 Å². The predicted molar refractivity (Wildman–Crippen MR) is 165 cm³/mol. The maximum absolute atomic E-state index is 9.60. The van der Waals surface area contributed by atoms with E-state index in [1.165, 1.54) is 0 Å². The third-order valence-corrected chi connectivity index (χ3v) is 7.12. The van der Waals surface area contributed by atoms with E-state index < -0.39 is 30.2 Å². The molecule has 0 aliphatic rings. The number of benzene rings is 7. The van der Waals surface area contributed by atoms with Crippen molar-refractivity contribution in [3.63, 3.8) is 0 Å². The first kappa shape index (κ1) is 13.6. The van der Waals surface area contributed by atoms with Crippen LogP contribution in [0.3, 0.4) is 0 Å². The largest absolute Gasteiger partial charge is 0.455 e. The summed E-state index contributed by atoms with van der Waals surface area (Å²) in [5.74, 6) is 0. The summed E-state index contributed by atoms with van der Waals surface area (Å²) in [7, 11) is 0. The molecule has 1 heterocycles. The zero-order chi connectivity index (χ0) is 35.3. The fourth-order valence-corrected chi connectivity index (χ4v) is 5.53. The second-order valence-electron chi connectivity index (χ2n) is 9.22. The van der Waals surface area contributed by atoms with E-state index in [4.69, 9.17) is 16.8 Å². The minimum absolute atomic E-state index is 0.0273. The molecule has 0 saturated carbocycles. The predicted octanol–water partition coefficient (Wildman–Crippen LogP) is 10.9. The monoisotopic (exact) mass is 507 g/mol. The summed E-state index contributed by atoms with van der Waals surface area (Å²) in [6.45, 7) is 0. The molecular formula is C38H24O. The highest BCUT2D eigenvalue weighted by Crippen LogP contribution is 2.48. The molecule has 0 amide bonds. The average Bonchev–Trinajstić information content (AvgIpc) is 3.54. The van der Waals surface area contributed by atoms with E-state index in [0.717, 1.165) is 0 Å². The Morgan fingerprint density at radius 2 is 1.00 bits per heavy atom. The van der Waals surface area contributed by atoms with Crippen molar-refractivity contribution in [1.82, 2.24) is 0 Å². The molecular weight excluding hydrogens is 472 g/mol. The SMILES string of the molecule is [2H]c1c([2H])c([2H])c(-c2c3ccccc3c(-c3c([2H])c([2H])c4c(oc5c([2H])c([2H])c([2H])c([2H])c54)c3-c3ccccc3)c3ccccc23)c([2H])c1[2H]. The highest BCUT2D eigenvalue weighted by atomic mass is 16.3. The highest BCUT2D eigenvalue weighted by molar-refractivity contribution is 6.24. The van der Waals surface area contributed by atoms with Gasteiger partial charge in [0.2, 0.25) is 0 Å². The zero-order valence-corrected chi connectivity index (χ0v) is 20.4. The van der Waals surface area contributed by atoms with Crippen LogP contribution in [0.1, 0.15) is 15.1 Å². The summed E-state index contributed by atoms with van der Waals surface area (Å²) in [5.41, 5.74) is 2.41. The van der Waals surface area contributed by atoms with Crippen molar-refractivity contribution in [3.05, 3.63) is 145 Å². The molecule has 39 heavy (non-hydrogen) atoms. The summed E-state index contributed by atoms with van der Waals surface area (Å²) in [6.07, 6.45) is 0. The van der Waals surface area contributed by atoms with Gasteiger partial charge in [0.05, 0.1) is 15.1 Å². The Labute approximate surface area is 242 Å². The van der Waals surface area contributed by atoms with E-state index >= 15 is 0 Å². The standard InChI is InChI=1S/C38H24O/c1-3-13-25(14-4-1)35-28-18-7-9-20-30(28)37(31-21-10-8-19-29(31)35)33-24-23-32-27-17-11-12-22-34(27)39-38(32)36(33)26-15-5-2-6-16-26/h1-24H/i1D,3D,4D,11D,12D,13D,14D,17D,22D,23D,24D. The Bertz CT molecular complexity index is 2680. The molecule has 0 radical (unpaired) electrons. The second kappa shape index (κ2) is 8.72. The van der Waals surface area contributed by atoms with Gasteiger partial charge in [-0.2, -0.15) is 0 Å². The normalized spacial score (nSPS) is 15.5. The van der Waals surface area contributed by atoms with Crippen LogP contribution >= 0.6 is 0 Å². The molecule has 8 rings (SSSR count). The quantitative estimate of drug-likeness (QED) is 0.217. The Morgan fingerprint density at radius 1 is 0.410 bits per heavy atom. The minimum Gasteiger partial charge on any atom is -0.455 e. The summed E-state index contributed by atoms with van der Waals surface area (Å²) in [5, 5.41) is 2.45. The lowest BCUT2D eigenvalue weighted by Gasteiger charge is -2.20. The molecule has 0 N–H and O–H groups in total. The average molecular weight is 508 g/mol. The van der Waals surface area contributed by atoms with Crippen molar-refractivity contribution >= 4 is 43.5 Å². The maximum Gasteiger partial charge on any atom is 0.143 e. The number of hydrogen-bond donors (Lipinski definition) is 0. The smallest absolute Gasteiger partial charge is 0.143 e. The van der Waals surface area contributed by atoms with Gasteiger partial charge in [-0.1, -0.05) is 133 Å². The lowest BCUT2D eigenvalue weighted by atomic mass is 9.83. The molecule has 0 bridgehead atoms. The molecule has 0 aliphatic heterocycles. The molecule has 0 saturated heterocycles. The van der Waals surface area contributed by atoms with Gasteiger partial charge in [0, 0.05) is 16.3 Å². The second-order valence-corrected chi connectivity index (χ2v) is 9.22. The molecule has 7 aromatic carbocycles. The van der Waals surface area contributed by atoms with Crippen molar-refractivity contribution in [2.45, 2.75) is 0 Å². The van der Waals surface area contributed by atoms with Crippen molar-refractivity contribution in [2.24, 2.45) is 0 Å². The first-order valence-electron chi connectivity index (χ1n) is 18.0. The van der Waals surface area contributed by atoms with Crippen molar-refractivity contribution in [1.29, 1.82) is 0 Å². The van der Waals surface area contributed by atoms with Crippen LogP contribution in [0.15, 0.2) is 150 Å². The molecule has 0 spiro atoms.